The molecule has 5 heteroatoms. The summed E-state index contributed by atoms with van der Waals surface area (Å²) in [7, 11) is 1.93. The van der Waals surface area contributed by atoms with Crippen LogP contribution in [0, 0.1) is 6.92 Å². The highest BCUT2D eigenvalue weighted by molar-refractivity contribution is 5.85. The van der Waals surface area contributed by atoms with Gasteiger partial charge < -0.3 is 5.11 Å². The summed E-state index contributed by atoms with van der Waals surface area (Å²) in [6, 6.07) is 8.94. The van der Waals surface area contributed by atoms with E-state index in [1.807, 2.05) is 11.9 Å². The van der Waals surface area contributed by atoms with Crippen LogP contribution < -0.4 is 0 Å². The number of rotatable bonds is 5. The summed E-state index contributed by atoms with van der Waals surface area (Å²) in [6.45, 7) is 5.45. The lowest BCUT2D eigenvalue weighted by Crippen LogP contribution is -2.36. The van der Waals surface area contributed by atoms with Crippen LogP contribution >= 0.6 is 12.4 Å². The molecule has 1 atom stereocenters. The number of hydrogen-bond acceptors (Lipinski definition) is 3. The second kappa shape index (κ2) is 9.13. The Kier molecular flexibility index (Phi) is 7.87. The van der Waals surface area contributed by atoms with Crippen LogP contribution in [-0.2, 0) is 11.3 Å². The van der Waals surface area contributed by atoms with Gasteiger partial charge in [-0.3, -0.25) is 14.6 Å². The fourth-order valence-electron chi connectivity index (χ4n) is 3.11. The molecule has 1 heterocycles. The first-order valence-electron chi connectivity index (χ1n) is 7.75. The van der Waals surface area contributed by atoms with Gasteiger partial charge in [-0.2, -0.15) is 0 Å². The average Bonchev–Trinajstić information content (AvgIpc) is 2.66. The molecular formula is C17H27ClN2O2. The van der Waals surface area contributed by atoms with Crippen LogP contribution in [0.4, 0.5) is 0 Å². The van der Waals surface area contributed by atoms with Gasteiger partial charge in [0.15, 0.2) is 0 Å². The van der Waals surface area contributed by atoms with Crippen LogP contribution in [0.5, 0.6) is 0 Å². The Morgan fingerprint density at radius 2 is 2.05 bits per heavy atom. The monoisotopic (exact) mass is 326 g/mol. The number of aryl methyl sites for hydroxylation is 1. The van der Waals surface area contributed by atoms with Gasteiger partial charge in [-0.1, -0.05) is 24.3 Å². The Balaban J connectivity index is 0.00000242. The molecule has 0 saturated carbocycles. The summed E-state index contributed by atoms with van der Waals surface area (Å²) in [5, 5.41) is 8.91. The smallest absolute Gasteiger partial charge is 0.317 e. The maximum atomic E-state index is 10.8. The van der Waals surface area contributed by atoms with Crippen molar-refractivity contribution >= 4 is 18.4 Å². The van der Waals surface area contributed by atoms with Crippen molar-refractivity contribution in [2.45, 2.75) is 38.8 Å². The lowest BCUT2D eigenvalue weighted by molar-refractivity contribution is -0.138. The maximum Gasteiger partial charge on any atom is 0.317 e. The lowest BCUT2D eigenvalue weighted by Gasteiger charge is -2.25. The fourth-order valence-corrected chi connectivity index (χ4v) is 3.11. The largest absolute Gasteiger partial charge is 0.480 e. The van der Waals surface area contributed by atoms with E-state index in [-0.39, 0.29) is 19.0 Å². The summed E-state index contributed by atoms with van der Waals surface area (Å²) < 4.78 is 0. The van der Waals surface area contributed by atoms with Crippen LogP contribution in [0.2, 0.25) is 0 Å². The number of carboxylic acid groups (broad SMARTS) is 1. The minimum absolute atomic E-state index is 0. The van der Waals surface area contributed by atoms with Gasteiger partial charge in [0, 0.05) is 12.6 Å². The summed E-state index contributed by atoms with van der Waals surface area (Å²) in [6.07, 6.45) is 3.28. The standard InChI is InChI=1S/C17H26N2O2.ClH/c1-14-6-3-4-7-15(14)12-19-10-5-8-16(9-11-19)18(2)13-17(20)21;/h3-4,6-7,16H,5,8-13H2,1-2H3,(H,20,21);1H. The number of likely N-dealkylation sites (tertiary alicyclic amines) is 1. The molecule has 124 valence electrons. The highest BCUT2D eigenvalue weighted by Gasteiger charge is 2.21. The molecule has 4 nitrogen and oxygen atoms in total. The summed E-state index contributed by atoms with van der Waals surface area (Å²) in [4.78, 5) is 15.3. The van der Waals surface area contributed by atoms with Crippen LogP contribution in [0.25, 0.3) is 0 Å². The van der Waals surface area contributed by atoms with Crippen molar-refractivity contribution in [2.75, 3.05) is 26.7 Å². The molecule has 1 aromatic rings. The second-order valence-corrected chi connectivity index (χ2v) is 6.10. The molecule has 1 fully saturated rings. The van der Waals surface area contributed by atoms with Gasteiger partial charge in [-0.15, -0.1) is 12.4 Å². The molecule has 0 radical (unpaired) electrons. The summed E-state index contributed by atoms with van der Waals surface area (Å²) in [5.74, 6) is -0.737. The van der Waals surface area contributed by atoms with Crippen LogP contribution in [-0.4, -0.2) is 53.6 Å². The molecule has 0 aliphatic carbocycles. The molecule has 1 N–H and O–H groups in total. The fraction of sp³-hybridized carbons (Fsp3) is 0.588. The number of halogens is 1. The van der Waals surface area contributed by atoms with Gasteiger partial charge in [0.25, 0.3) is 0 Å². The number of hydrogen-bond donors (Lipinski definition) is 1. The van der Waals surface area contributed by atoms with E-state index in [4.69, 9.17) is 5.11 Å². The van der Waals surface area contributed by atoms with Crippen LogP contribution in [0.3, 0.4) is 0 Å². The van der Waals surface area contributed by atoms with E-state index in [0.29, 0.717) is 6.04 Å². The Labute approximate surface area is 139 Å². The number of aliphatic carboxylic acids is 1. The first kappa shape index (κ1) is 18.9. The minimum atomic E-state index is -0.737. The zero-order chi connectivity index (χ0) is 15.2. The molecule has 0 aromatic heterocycles. The summed E-state index contributed by atoms with van der Waals surface area (Å²) >= 11 is 0. The van der Waals surface area contributed by atoms with Gasteiger partial charge in [0.05, 0.1) is 6.54 Å². The Hall–Kier alpha value is -1.10. The van der Waals surface area contributed by atoms with E-state index in [1.165, 1.54) is 11.1 Å². The topological polar surface area (TPSA) is 43.8 Å². The Morgan fingerprint density at radius 3 is 2.73 bits per heavy atom. The van der Waals surface area contributed by atoms with Crippen molar-refractivity contribution in [3.63, 3.8) is 0 Å². The van der Waals surface area contributed by atoms with Gasteiger partial charge in [0.2, 0.25) is 0 Å². The number of likely N-dealkylation sites (N-methyl/N-ethyl adjacent to an activating group) is 1. The molecule has 22 heavy (non-hydrogen) atoms. The molecule has 0 bridgehead atoms. The third kappa shape index (κ3) is 5.59. The zero-order valence-corrected chi connectivity index (χ0v) is 14.3. The third-order valence-corrected chi connectivity index (χ3v) is 4.45. The highest BCUT2D eigenvalue weighted by Crippen LogP contribution is 2.18. The van der Waals surface area contributed by atoms with Crippen molar-refractivity contribution < 1.29 is 9.90 Å². The van der Waals surface area contributed by atoms with E-state index in [9.17, 15) is 4.79 Å². The minimum Gasteiger partial charge on any atom is -0.480 e. The van der Waals surface area contributed by atoms with Crippen LogP contribution in [0.15, 0.2) is 24.3 Å². The van der Waals surface area contributed by atoms with Crippen LogP contribution in [0.1, 0.15) is 30.4 Å². The van der Waals surface area contributed by atoms with E-state index in [1.54, 1.807) is 0 Å². The molecule has 1 aliphatic heterocycles. The normalized spacial score (nSPS) is 19.5. The number of nitrogens with zero attached hydrogens (tertiary/aromatic N) is 2. The van der Waals surface area contributed by atoms with Crippen molar-refractivity contribution in [2.24, 2.45) is 0 Å². The quantitative estimate of drug-likeness (QED) is 0.903. The first-order chi connectivity index (χ1) is 10.1. The van der Waals surface area contributed by atoms with Gasteiger partial charge in [-0.25, -0.2) is 0 Å². The lowest BCUT2D eigenvalue weighted by atomic mass is 10.1. The Bertz CT molecular complexity index is 481. The van der Waals surface area contributed by atoms with E-state index in [0.717, 1.165) is 38.9 Å². The SMILES string of the molecule is Cc1ccccc1CN1CCCC(N(C)CC(=O)O)CC1.Cl. The summed E-state index contributed by atoms with van der Waals surface area (Å²) in [5.41, 5.74) is 2.75. The van der Waals surface area contributed by atoms with Crippen molar-refractivity contribution in [3.05, 3.63) is 35.4 Å². The highest BCUT2D eigenvalue weighted by atomic mass is 35.5. The van der Waals surface area contributed by atoms with Crippen molar-refractivity contribution in [1.29, 1.82) is 0 Å². The first-order valence-corrected chi connectivity index (χ1v) is 7.75. The van der Waals surface area contributed by atoms with Crippen molar-refractivity contribution in [1.82, 2.24) is 9.80 Å². The molecule has 0 spiro atoms. The molecular weight excluding hydrogens is 300 g/mol. The molecule has 1 saturated heterocycles. The molecule has 1 aromatic carbocycles. The predicted molar refractivity (Wildman–Crippen MR) is 91.6 cm³/mol. The predicted octanol–water partition coefficient (Wildman–Crippen LogP) is 2.79. The molecule has 1 unspecified atom stereocenters. The Morgan fingerprint density at radius 1 is 1.32 bits per heavy atom. The van der Waals surface area contributed by atoms with Gasteiger partial charge >= 0.3 is 5.97 Å². The van der Waals surface area contributed by atoms with Gasteiger partial charge in [0.1, 0.15) is 0 Å². The number of carboxylic acids is 1. The average molecular weight is 327 g/mol. The van der Waals surface area contributed by atoms with Crippen molar-refractivity contribution in [3.8, 4) is 0 Å². The maximum absolute atomic E-state index is 10.8. The second-order valence-electron chi connectivity index (χ2n) is 6.10. The molecule has 2 rings (SSSR count). The molecule has 0 amide bonds. The number of benzene rings is 1. The van der Waals surface area contributed by atoms with E-state index in [2.05, 4.69) is 36.1 Å². The van der Waals surface area contributed by atoms with E-state index >= 15 is 0 Å². The van der Waals surface area contributed by atoms with E-state index < -0.39 is 5.97 Å². The zero-order valence-electron chi connectivity index (χ0n) is 13.5. The third-order valence-electron chi connectivity index (χ3n) is 4.45. The number of carbonyl (C=O) groups is 1. The molecule has 1 aliphatic rings. The van der Waals surface area contributed by atoms with Gasteiger partial charge in [-0.05, 0) is 57.5 Å².